The lowest BCUT2D eigenvalue weighted by Crippen LogP contribution is -2.32. The van der Waals surface area contributed by atoms with Crippen LogP contribution >= 0.6 is 0 Å². The Bertz CT molecular complexity index is 523. The highest BCUT2D eigenvalue weighted by Gasteiger charge is 2.36. The quantitative estimate of drug-likeness (QED) is 0.649. The number of carbonyl (C=O) groups excluding carboxylic acids is 2. The zero-order valence-corrected chi connectivity index (χ0v) is 11.7. The molecule has 1 aromatic rings. The summed E-state index contributed by atoms with van der Waals surface area (Å²) >= 11 is 0. The van der Waals surface area contributed by atoms with Gasteiger partial charge >= 0.3 is 0 Å². The van der Waals surface area contributed by atoms with E-state index in [0.29, 0.717) is 12.1 Å². The summed E-state index contributed by atoms with van der Waals surface area (Å²) in [6, 6.07) is 3.88. The molecule has 1 amide bonds. The first kappa shape index (κ1) is 13.7. The first-order chi connectivity index (χ1) is 9.06. The summed E-state index contributed by atoms with van der Waals surface area (Å²) in [5, 5.41) is 3.22. The van der Waals surface area contributed by atoms with Crippen molar-refractivity contribution >= 4 is 17.4 Å². The zero-order valence-electron chi connectivity index (χ0n) is 11.7. The number of nitrogens with zero attached hydrogens (tertiary/aromatic N) is 1. The summed E-state index contributed by atoms with van der Waals surface area (Å²) in [5.41, 5.74) is 3.33. The molecule has 1 aliphatic rings. The minimum Gasteiger partial charge on any atom is -0.317 e. The van der Waals surface area contributed by atoms with Crippen molar-refractivity contribution in [3.05, 3.63) is 28.8 Å². The summed E-state index contributed by atoms with van der Waals surface area (Å²) in [6.45, 7) is 8.28. The summed E-state index contributed by atoms with van der Waals surface area (Å²) in [5.74, 6) is -0.754. The lowest BCUT2D eigenvalue weighted by molar-refractivity contribution is -0.114. The maximum atomic E-state index is 12.0. The normalized spacial score (nSPS) is 14.2. The van der Waals surface area contributed by atoms with E-state index < -0.39 is 0 Å². The van der Waals surface area contributed by atoms with E-state index in [9.17, 15) is 9.59 Å². The van der Waals surface area contributed by atoms with Crippen LogP contribution in [0.25, 0.3) is 0 Å². The monoisotopic (exact) mass is 260 g/mol. The van der Waals surface area contributed by atoms with Crippen LogP contribution in [-0.4, -0.2) is 31.3 Å². The molecule has 1 aliphatic heterocycles. The van der Waals surface area contributed by atoms with Crippen LogP contribution in [0.15, 0.2) is 12.1 Å². The fourth-order valence-corrected chi connectivity index (χ4v) is 2.55. The fraction of sp³-hybridized carbons (Fsp3) is 0.467. The Labute approximate surface area is 113 Å². The largest absolute Gasteiger partial charge is 0.317 e. The van der Waals surface area contributed by atoms with Crippen LogP contribution in [-0.2, 0) is 4.79 Å². The predicted octanol–water partition coefficient (Wildman–Crippen LogP) is 1.83. The van der Waals surface area contributed by atoms with E-state index >= 15 is 0 Å². The van der Waals surface area contributed by atoms with Crippen molar-refractivity contribution in [2.75, 3.05) is 24.5 Å². The second-order valence-electron chi connectivity index (χ2n) is 4.97. The molecule has 1 aromatic carbocycles. The Hall–Kier alpha value is -1.68. The van der Waals surface area contributed by atoms with Crippen molar-refractivity contribution in [1.82, 2.24) is 5.32 Å². The highest BCUT2D eigenvalue weighted by Crippen LogP contribution is 2.32. The number of carbonyl (C=O) groups is 2. The van der Waals surface area contributed by atoms with Crippen LogP contribution in [0.5, 0.6) is 0 Å². The van der Waals surface area contributed by atoms with Crippen molar-refractivity contribution in [2.45, 2.75) is 27.2 Å². The molecule has 0 fully saturated rings. The van der Waals surface area contributed by atoms with Gasteiger partial charge in [-0.25, -0.2) is 0 Å². The maximum Gasteiger partial charge on any atom is 0.299 e. The van der Waals surface area contributed by atoms with Crippen molar-refractivity contribution in [1.29, 1.82) is 0 Å². The molecule has 19 heavy (non-hydrogen) atoms. The van der Waals surface area contributed by atoms with Crippen LogP contribution in [0.1, 0.15) is 34.8 Å². The molecule has 0 aromatic heterocycles. The molecule has 0 bridgehead atoms. The van der Waals surface area contributed by atoms with E-state index in [1.165, 1.54) is 0 Å². The van der Waals surface area contributed by atoms with Gasteiger partial charge in [-0.3, -0.25) is 9.59 Å². The van der Waals surface area contributed by atoms with Crippen molar-refractivity contribution in [3.8, 4) is 0 Å². The van der Waals surface area contributed by atoms with Gasteiger partial charge in [0.15, 0.2) is 0 Å². The smallest absolute Gasteiger partial charge is 0.299 e. The molecule has 0 unspecified atom stereocenters. The number of fused-ring (bicyclic) bond motifs is 1. The van der Waals surface area contributed by atoms with E-state index in [1.54, 1.807) is 4.90 Å². The predicted molar refractivity (Wildman–Crippen MR) is 75.8 cm³/mol. The Morgan fingerprint density at radius 3 is 2.63 bits per heavy atom. The second kappa shape index (κ2) is 5.53. The van der Waals surface area contributed by atoms with Gasteiger partial charge in [0.1, 0.15) is 0 Å². The number of hydrogen-bond donors (Lipinski definition) is 1. The van der Waals surface area contributed by atoms with Gasteiger partial charge in [-0.05, 0) is 50.6 Å². The van der Waals surface area contributed by atoms with E-state index in [2.05, 4.69) is 5.32 Å². The maximum absolute atomic E-state index is 12.0. The number of nitrogens with one attached hydrogen (secondary N) is 1. The van der Waals surface area contributed by atoms with E-state index in [-0.39, 0.29) is 11.7 Å². The van der Waals surface area contributed by atoms with Crippen LogP contribution in [0.4, 0.5) is 5.69 Å². The molecule has 102 valence electrons. The fourth-order valence-electron chi connectivity index (χ4n) is 2.55. The Balaban J connectivity index is 2.23. The molecule has 1 heterocycles. The van der Waals surface area contributed by atoms with E-state index in [1.807, 2.05) is 32.9 Å². The van der Waals surface area contributed by atoms with Crippen molar-refractivity contribution in [3.63, 3.8) is 0 Å². The Morgan fingerprint density at radius 1 is 1.21 bits per heavy atom. The summed E-state index contributed by atoms with van der Waals surface area (Å²) < 4.78 is 0. The van der Waals surface area contributed by atoms with Crippen molar-refractivity contribution < 1.29 is 9.59 Å². The molecule has 4 heteroatoms. The lowest BCUT2D eigenvalue weighted by Gasteiger charge is -2.17. The number of ketones is 1. The number of hydrogen-bond acceptors (Lipinski definition) is 3. The Morgan fingerprint density at radius 2 is 1.95 bits per heavy atom. The van der Waals surface area contributed by atoms with Crippen molar-refractivity contribution in [2.24, 2.45) is 0 Å². The summed E-state index contributed by atoms with van der Waals surface area (Å²) in [7, 11) is 0. The molecule has 0 atom stereocenters. The van der Waals surface area contributed by atoms with Crippen LogP contribution in [0.2, 0.25) is 0 Å². The standard InChI is InChI=1S/C15H20N2O2/c1-4-16-6-5-7-17-12-9-10(2)8-11(3)13(12)14(18)15(17)19/h8-9,16H,4-7H2,1-3H3. The first-order valence-corrected chi connectivity index (χ1v) is 6.74. The molecule has 0 saturated heterocycles. The number of anilines is 1. The average Bonchev–Trinajstić information content (AvgIpc) is 2.59. The van der Waals surface area contributed by atoms with Gasteiger partial charge in [0.25, 0.3) is 11.7 Å². The molecule has 1 N–H and O–H groups in total. The number of benzene rings is 1. The van der Waals surface area contributed by atoms with Crippen LogP contribution in [0, 0.1) is 13.8 Å². The molecule has 0 saturated carbocycles. The number of rotatable bonds is 5. The van der Waals surface area contributed by atoms with E-state index in [4.69, 9.17) is 0 Å². The van der Waals surface area contributed by atoms with Crippen LogP contribution < -0.4 is 10.2 Å². The second-order valence-corrected chi connectivity index (χ2v) is 4.97. The highest BCUT2D eigenvalue weighted by atomic mass is 16.2. The molecule has 4 nitrogen and oxygen atoms in total. The minimum atomic E-state index is -0.389. The van der Waals surface area contributed by atoms with E-state index in [0.717, 1.165) is 36.3 Å². The zero-order chi connectivity index (χ0) is 14.0. The summed E-state index contributed by atoms with van der Waals surface area (Å²) in [6.07, 6.45) is 0.847. The highest BCUT2D eigenvalue weighted by molar-refractivity contribution is 6.52. The van der Waals surface area contributed by atoms with Gasteiger partial charge < -0.3 is 10.2 Å². The van der Waals surface area contributed by atoms with Gasteiger partial charge in [0.05, 0.1) is 11.3 Å². The van der Waals surface area contributed by atoms with Gasteiger partial charge in [-0.15, -0.1) is 0 Å². The molecule has 2 rings (SSSR count). The third-order valence-electron chi connectivity index (χ3n) is 3.40. The molecular weight excluding hydrogens is 240 g/mol. The van der Waals surface area contributed by atoms with Gasteiger partial charge in [0, 0.05) is 6.54 Å². The summed E-state index contributed by atoms with van der Waals surface area (Å²) in [4.78, 5) is 25.7. The molecule has 0 spiro atoms. The minimum absolute atomic E-state index is 0.365. The first-order valence-electron chi connectivity index (χ1n) is 6.74. The third kappa shape index (κ3) is 2.54. The number of Topliss-reactive ketones (excluding diaryl/α,β-unsaturated/α-hetero) is 1. The molecule has 0 radical (unpaired) electrons. The SMILES string of the molecule is CCNCCCN1C(=O)C(=O)c2c(C)cc(C)cc21. The third-order valence-corrected chi connectivity index (χ3v) is 3.40. The number of aryl methyl sites for hydroxylation is 2. The molecule has 0 aliphatic carbocycles. The lowest BCUT2D eigenvalue weighted by atomic mass is 10.0. The van der Waals surface area contributed by atoms with Crippen LogP contribution in [0.3, 0.4) is 0 Å². The molecular formula is C15H20N2O2. The topological polar surface area (TPSA) is 49.4 Å². The van der Waals surface area contributed by atoms with Gasteiger partial charge in [0.2, 0.25) is 0 Å². The van der Waals surface area contributed by atoms with Gasteiger partial charge in [-0.2, -0.15) is 0 Å². The average molecular weight is 260 g/mol. The number of amides is 1. The van der Waals surface area contributed by atoms with Gasteiger partial charge in [-0.1, -0.05) is 13.0 Å². The Kier molecular flexibility index (Phi) is 4.00.